The highest BCUT2D eigenvalue weighted by Gasteiger charge is 2.38. The minimum atomic E-state index is -0.119. The van der Waals surface area contributed by atoms with Crippen LogP contribution in [-0.2, 0) is 0 Å². The maximum absolute atomic E-state index is 10.6. The smallest absolute Gasteiger partial charge is 0.0631 e. The van der Waals surface area contributed by atoms with Crippen molar-refractivity contribution in [3.8, 4) is 0 Å². The number of aliphatic hydroxyl groups is 1. The Hall–Kier alpha value is -0.0800. The highest BCUT2D eigenvalue weighted by molar-refractivity contribution is 4.89. The average Bonchev–Trinajstić information content (AvgIpc) is 2.37. The molecule has 114 valence electrons. The summed E-state index contributed by atoms with van der Waals surface area (Å²) in [6.07, 6.45) is 8.65. The van der Waals surface area contributed by atoms with E-state index in [1.165, 1.54) is 58.0 Å². The minimum Gasteiger partial charge on any atom is -0.392 e. The van der Waals surface area contributed by atoms with E-state index >= 15 is 0 Å². The van der Waals surface area contributed by atoms with Gasteiger partial charge in [0.1, 0.15) is 0 Å². The first-order valence-corrected chi connectivity index (χ1v) is 8.41. The van der Waals surface area contributed by atoms with Crippen LogP contribution < -0.4 is 0 Å². The molecule has 19 heavy (non-hydrogen) atoms. The van der Waals surface area contributed by atoms with Gasteiger partial charge in [-0.2, -0.15) is 0 Å². The monoisotopic (exact) mass is 269 g/mol. The highest BCUT2D eigenvalue weighted by atomic mass is 16.3. The maximum Gasteiger partial charge on any atom is 0.0631 e. The third kappa shape index (κ3) is 5.43. The van der Waals surface area contributed by atoms with Crippen molar-refractivity contribution in [2.75, 3.05) is 19.6 Å². The molecule has 2 unspecified atom stereocenters. The standard InChI is InChI=1S/C17H35NO/c1-5-7-12-18(13-8-6-2)14-15-10-9-11-17(3,4)16(15)19/h15-16,19H,5-14H2,1-4H3. The summed E-state index contributed by atoms with van der Waals surface area (Å²) < 4.78 is 0. The van der Waals surface area contributed by atoms with Gasteiger partial charge in [0.25, 0.3) is 0 Å². The van der Waals surface area contributed by atoms with E-state index in [0.717, 1.165) is 6.54 Å². The summed E-state index contributed by atoms with van der Waals surface area (Å²) in [5, 5.41) is 10.6. The molecule has 1 rings (SSSR count). The van der Waals surface area contributed by atoms with Crippen molar-refractivity contribution in [2.24, 2.45) is 11.3 Å². The van der Waals surface area contributed by atoms with Crippen LogP contribution in [0.15, 0.2) is 0 Å². The lowest BCUT2D eigenvalue weighted by Gasteiger charge is -2.42. The van der Waals surface area contributed by atoms with E-state index in [-0.39, 0.29) is 11.5 Å². The van der Waals surface area contributed by atoms with Crippen LogP contribution in [0, 0.1) is 11.3 Å². The summed E-state index contributed by atoms with van der Waals surface area (Å²) >= 11 is 0. The fourth-order valence-electron chi connectivity index (χ4n) is 3.34. The number of hydrogen-bond acceptors (Lipinski definition) is 2. The van der Waals surface area contributed by atoms with Gasteiger partial charge >= 0.3 is 0 Å². The molecule has 2 atom stereocenters. The molecule has 0 amide bonds. The Bertz CT molecular complexity index is 231. The molecule has 0 bridgehead atoms. The summed E-state index contributed by atoms with van der Waals surface area (Å²) in [4.78, 5) is 2.60. The van der Waals surface area contributed by atoms with Crippen molar-refractivity contribution >= 4 is 0 Å². The van der Waals surface area contributed by atoms with Gasteiger partial charge in [0, 0.05) is 6.54 Å². The van der Waals surface area contributed by atoms with E-state index in [4.69, 9.17) is 0 Å². The average molecular weight is 269 g/mol. The third-order valence-electron chi connectivity index (χ3n) is 4.79. The van der Waals surface area contributed by atoms with Crippen molar-refractivity contribution in [1.29, 1.82) is 0 Å². The van der Waals surface area contributed by atoms with E-state index in [2.05, 4.69) is 32.6 Å². The van der Waals surface area contributed by atoms with Crippen LogP contribution in [0.25, 0.3) is 0 Å². The van der Waals surface area contributed by atoms with Crippen molar-refractivity contribution in [2.45, 2.75) is 78.7 Å². The molecule has 2 heteroatoms. The number of unbranched alkanes of at least 4 members (excludes halogenated alkanes) is 2. The number of rotatable bonds is 8. The first kappa shape index (κ1) is 17.0. The number of aliphatic hydroxyl groups excluding tert-OH is 1. The molecule has 0 radical (unpaired) electrons. The lowest BCUT2D eigenvalue weighted by molar-refractivity contribution is -0.0431. The molecule has 0 spiro atoms. The number of nitrogens with zero attached hydrogens (tertiary/aromatic N) is 1. The van der Waals surface area contributed by atoms with Crippen LogP contribution in [0.1, 0.15) is 72.6 Å². The fourth-order valence-corrected chi connectivity index (χ4v) is 3.34. The second-order valence-corrected chi connectivity index (χ2v) is 7.09. The quantitative estimate of drug-likeness (QED) is 0.718. The molecule has 0 aromatic heterocycles. The van der Waals surface area contributed by atoms with Crippen LogP contribution in [0.3, 0.4) is 0 Å². The summed E-state index contributed by atoms with van der Waals surface area (Å²) in [6.45, 7) is 12.5. The predicted octanol–water partition coefficient (Wildman–Crippen LogP) is 4.08. The van der Waals surface area contributed by atoms with Crippen LogP contribution in [0.4, 0.5) is 0 Å². The molecule has 0 aromatic rings. The van der Waals surface area contributed by atoms with Gasteiger partial charge in [-0.15, -0.1) is 0 Å². The number of hydrogen-bond donors (Lipinski definition) is 1. The molecule has 1 aliphatic rings. The van der Waals surface area contributed by atoms with Crippen molar-refractivity contribution < 1.29 is 5.11 Å². The van der Waals surface area contributed by atoms with Crippen LogP contribution in [0.5, 0.6) is 0 Å². The van der Waals surface area contributed by atoms with Crippen LogP contribution in [0.2, 0.25) is 0 Å². The summed E-state index contributed by atoms with van der Waals surface area (Å²) in [5.74, 6) is 0.484. The summed E-state index contributed by atoms with van der Waals surface area (Å²) in [7, 11) is 0. The van der Waals surface area contributed by atoms with Crippen molar-refractivity contribution in [3.63, 3.8) is 0 Å². The van der Waals surface area contributed by atoms with E-state index < -0.39 is 0 Å². The first-order valence-electron chi connectivity index (χ1n) is 8.41. The summed E-state index contributed by atoms with van der Waals surface area (Å²) in [5.41, 5.74) is 0.115. The van der Waals surface area contributed by atoms with Gasteiger partial charge in [-0.1, -0.05) is 47.0 Å². The molecule has 0 saturated heterocycles. The molecular weight excluding hydrogens is 234 g/mol. The first-order chi connectivity index (χ1) is 9.01. The van der Waals surface area contributed by atoms with Gasteiger partial charge in [0.15, 0.2) is 0 Å². The molecule has 0 heterocycles. The van der Waals surface area contributed by atoms with E-state index in [1.54, 1.807) is 0 Å². The van der Waals surface area contributed by atoms with Crippen molar-refractivity contribution in [3.05, 3.63) is 0 Å². The van der Waals surface area contributed by atoms with Gasteiger partial charge in [-0.25, -0.2) is 0 Å². The maximum atomic E-state index is 10.6. The zero-order valence-electron chi connectivity index (χ0n) is 13.6. The summed E-state index contributed by atoms with van der Waals surface area (Å²) in [6, 6.07) is 0. The molecule has 0 aromatic carbocycles. The lowest BCUT2D eigenvalue weighted by Crippen LogP contribution is -2.45. The predicted molar refractivity (Wildman–Crippen MR) is 83.4 cm³/mol. The van der Waals surface area contributed by atoms with E-state index in [9.17, 15) is 5.11 Å². The Morgan fingerprint density at radius 1 is 1.11 bits per heavy atom. The Morgan fingerprint density at radius 3 is 2.21 bits per heavy atom. The molecule has 1 saturated carbocycles. The largest absolute Gasteiger partial charge is 0.392 e. The highest BCUT2D eigenvalue weighted by Crippen LogP contribution is 2.39. The van der Waals surface area contributed by atoms with Crippen LogP contribution >= 0.6 is 0 Å². The normalized spacial score (nSPS) is 26.8. The molecule has 1 fully saturated rings. The Labute approximate surface area is 120 Å². The molecule has 2 nitrogen and oxygen atoms in total. The Morgan fingerprint density at radius 2 is 1.68 bits per heavy atom. The van der Waals surface area contributed by atoms with E-state index in [1.807, 2.05) is 0 Å². The van der Waals surface area contributed by atoms with E-state index in [0.29, 0.717) is 5.92 Å². The lowest BCUT2D eigenvalue weighted by atomic mass is 9.69. The molecule has 1 N–H and O–H groups in total. The molecular formula is C17H35NO. The van der Waals surface area contributed by atoms with Crippen LogP contribution in [-0.4, -0.2) is 35.7 Å². The SMILES string of the molecule is CCCCN(CCCC)CC1CCCC(C)(C)C1O. The van der Waals surface area contributed by atoms with Gasteiger partial charge < -0.3 is 10.0 Å². The van der Waals surface area contributed by atoms with Crippen molar-refractivity contribution in [1.82, 2.24) is 4.90 Å². The minimum absolute atomic E-state index is 0.115. The third-order valence-corrected chi connectivity index (χ3v) is 4.79. The second-order valence-electron chi connectivity index (χ2n) is 7.09. The topological polar surface area (TPSA) is 23.5 Å². The molecule has 0 aliphatic heterocycles. The van der Waals surface area contributed by atoms with Gasteiger partial charge in [-0.3, -0.25) is 0 Å². The Kier molecular flexibility index (Phi) is 7.38. The fraction of sp³-hybridized carbons (Fsp3) is 1.00. The second kappa shape index (κ2) is 8.26. The zero-order chi connectivity index (χ0) is 14.3. The molecule has 1 aliphatic carbocycles. The Balaban J connectivity index is 2.51. The zero-order valence-corrected chi connectivity index (χ0v) is 13.6. The van der Waals surface area contributed by atoms with Gasteiger partial charge in [-0.05, 0) is 50.1 Å². The van der Waals surface area contributed by atoms with Gasteiger partial charge in [0.2, 0.25) is 0 Å². The van der Waals surface area contributed by atoms with Gasteiger partial charge in [0.05, 0.1) is 6.10 Å².